The van der Waals surface area contributed by atoms with Gasteiger partial charge >= 0.3 is 0 Å². The van der Waals surface area contributed by atoms with Crippen LogP contribution in [0.5, 0.6) is 5.75 Å². The maximum Gasteiger partial charge on any atom is 0.191 e. The van der Waals surface area contributed by atoms with E-state index in [1.807, 2.05) is 37.4 Å². The van der Waals surface area contributed by atoms with Crippen molar-refractivity contribution in [3.05, 3.63) is 65.7 Å². The van der Waals surface area contributed by atoms with Crippen LogP contribution in [0.25, 0.3) is 0 Å². The first-order valence-corrected chi connectivity index (χ1v) is 10.2. The second-order valence-corrected chi connectivity index (χ2v) is 7.53. The maximum atomic E-state index is 5.91. The van der Waals surface area contributed by atoms with Crippen LogP contribution in [-0.2, 0) is 17.8 Å². The molecule has 0 spiro atoms. The SMILES string of the molecule is CN=C(NCCc1ccc(OCc2ccccc2)cc1)NC1CC2CCC1O2. The molecule has 2 aliphatic heterocycles. The predicted octanol–water partition coefficient (Wildman–Crippen LogP) is 3.29. The first-order chi connectivity index (χ1) is 13.8. The van der Waals surface area contributed by atoms with Gasteiger partial charge in [0.25, 0.3) is 0 Å². The average molecular weight is 380 g/mol. The first-order valence-electron chi connectivity index (χ1n) is 10.2. The zero-order valence-electron chi connectivity index (χ0n) is 16.4. The van der Waals surface area contributed by atoms with Gasteiger partial charge in [-0.05, 0) is 48.9 Å². The van der Waals surface area contributed by atoms with Crippen molar-refractivity contribution < 1.29 is 9.47 Å². The molecule has 148 valence electrons. The van der Waals surface area contributed by atoms with Gasteiger partial charge in [-0.25, -0.2) is 0 Å². The van der Waals surface area contributed by atoms with Crippen molar-refractivity contribution >= 4 is 5.96 Å². The molecule has 0 radical (unpaired) electrons. The normalized spacial score (nSPS) is 23.6. The minimum absolute atomic E-state index is 0.354. The summed E-state index contributed by atoms with van der Waals surface area (Å²) in [6.07, 6.45) is 5.20. The molecule has 2 bridgehead atoms. The van der Waals surface area contributed by atoms with Gasteiger partial charge in [0.05, 0.1) is 18.2 Å². The quantitative estimate of drug-likeness (QED) is 0.573. The van der Waals surface area contributed by atoms with Crippen LogP contribution in [0, 0.1) is 0 Å². The number of aliphatic imine (C=N–C) groups is 1. The highest BCUT2D eigenvalue weighted by atomic mass is 16.5. The molecule has 2 aromatic rings. The lowest BCUT2D eigenvalue weighted by molar-refractivity contribution is 0.0992. The van der Waals surface area contributed by atoms with E-state index in [0.29, 0.717) is 24.9 Å². The number of hydrogen-bond acceptors (Lipinski definition) is 3. The summed E-state index contributed by atoms with van der Waals surface area (Å²) in [4.78, 5) is 4.35. The molecule has 2 heterocycles. The number of ether oxygens (including phenoxy) is 2. The molecule has 3 unspecified atom stereocenters. The Morgan fingerprint density at radius 3 is 2.57 bits per heavy atom. The van der Waals surface area contributed by atoms with Crippen molar-refractivity contribution in [1.29, 1.82) is 0 Å². The number of hydrogen-bond donors (Lipinski definition) is 2. The van der Waals surface area contributed by atoms with Gasteiger partial charge in [-0.1, -0.05) is 42.5 Å². The highest BCUT2D eigenvalue weighted by molar-refractivity contribution is 5.80. The Balaban J connectivity index is 1.19. The lowest BCUT2D eigenvalue weighted by atomic mass is 9.96. The summed E-state index contributed by atoms with van der Waals surface area (Å²) in [6, 6.07) is 18.9. The van der Waals surface area contributed by atoms with Gasteiger partial charge in [-0.3, -0.25) is 4.99 Å². The number of rotatable bonds is 7. The molecule has 28 heavy (non-hydrogen) atoms. The molecule has 2 N–H and O–H groups in total. The Labute approximate surface area is 167 Å². The van der Waals surface area contributed by atoms with Crippen LogP contribution >= 0.6 is 0 Å². The summed E-state index contributed by atoms with van der Waals surface area (Å²) in [5.74, 6) is 1.76. The third kappa shape index (κ3) is 4.84. The first kappa shape index (κ1) is 18.8. The van der Waals surface area contributed by atoms with Crippen LogP contribution in [0.3, 0.4) is 0 Å². The molecule has 3 atom stereocenters. The second-order valence-electron chi connectivity index (χ2n) is 7.53. The van der Waals surface area contributed by atoms with Crippen LogP contribution in [0.1, 0.15) is 30.4 Å². The van der Waals surface area contributed by atoms with Gasteiger partial charge in [0, 0.05) is 13.6 Å². The number of nitrogens with zero attached hydrogens (tertiary/aromatic N) is 1. The lowest BCUT2D eigenvalue weighted by Crippen LogP contribution is -2.47. The Kier molecular flexibility index (Phi) is 6.12. The van der Waals surface area contributed by atoms with Crippen molar-refractivity contribution in [2.24, 2.45) is 4.99 Å². The maximum absolute atomic E-state index is 5.91. The largest absolute Gasteiger partial charge is 0.489 e. The second kappa shape index (κ2) is 9.11. The molecular weight excluding hydrogens is 350 g/mol. The molecule has 2 fully saturated rings. The van der Waals surface area contributed by atoms with Crippen molar-refractivity contribution in [3.63, 3.8) is 0 Å². The molecule has 0 aromatic heterocycles. The summed E-state index contributed by atoms with van der Waals surface area (Å²) in [5.41, 5.74) is 2.45. The fourth-order valence-corrected chi connectivity index (χ4v) is 3.98. The molecule has 2 aromatic carbocycles. The molecule has 5 heteroatoms. The van der Waals surface area contributed by atoms with Crippen LogP contribution in [0.2, 0.25) is 0 Å². The van der Waals surface area contributed by atoms with E-state index >= 15 is 0 Å². The Morgan fingerprint density at radius 1 is 1.07 bits per heavy atom. The van der Waals surface area contributed by atoms with E-state index in [9.17, 15) is 0 Å². The summed E-state index contributed by atoms with van der Waals surface area (Å²) >= 11 is 0. The van der Waals surface area contributed by atoms with Gasteiger partial charge in [0.15, 0.2) is 5.96 Å². The van der Waals surface area contributed by atoms with Gasteiger partial charge in [0.2, 0.25) is 0 Å². The predicted molar refractivity (Wildman–Crippen MR) is 112 cm³/mol. The van der Waals surface area contributed by atoms with E-state index in [0.717, 1.165) is 37.5 Å². The van der Waals surface area contributed by atoms with Crippen molar-refractivity contribution in [3.8, 4) is 5.75 Å². The highest BCUT2D eigenvalue weighted by Crippen LogP contribution is 2.34. The van der Waals surface area contributed by atoms with E-state index in [2.05, 4.69) is 39.9 Å². The average Bonchev–Trinajstić information content (AvgIpc) is 3.36. The summed E-state index contributed by atoms with van der Waals surface area (Å²) in [6.45, 7) is 1.43. The highest BCUT2D eigenvalue weighted by Gasteiger charge is 2.41. The van der Waals surface area contributed by atoms with Gasteiger partial charge < -0.3 is 20.1 Å². The zero-order valence-corrected chi connectivity index (χ0v) is 16.4. The molecule has 2 saturated heterocycles. The zero-order chi connectivity index (χ0) is 19.2. The van der Waals surface area contributed by atoms with Gasteiger partial charge in [0.1, 0.15) is 12.4 Å². The standard InChI is InChI=1S/C23H29N3O2/c1-24-23(26-21-15-20-11-12-22(21)28-20)25-14-13-17-7-9-19(10-8-17)27-16-18-5-3-2-4-6-18/h2-10,20-22H,11-16H2,1H3,(H2,24,25,26). The molecule has 0 amide bonds. The van der Waals surface area contributed by atoms with Crippen molar-refractivity contribution in [2.45, 2.75) is 50.5 Å². The van der Waals surface area contributed by atoms with Crippen LogP contribution in [0.4, 0.5) is 0 Å². The van der Waals surface area contributed by atoms with Crippen LogP contribution < -0.4 is 15.4 Å². The Hall–Kier alpha value is -2.53. The molecule has 0 saturated carbocycles. The Morgan fingerprint density at radius 2 is 1.89 bits per heavy atom. The third-order valence-electron chi connectivity index (χ3n) is 5.53. The van der Waals surface area contributed by atoms with Crippen LogP contribution in [-0.4, -0.2) is 37.8 Å². The molecule has 2 aliphatic rings. The Bertz CT molecular complexity index is 776. The number of benzene rings is 2. The number of guanidine groups is 1. The fourth-order valence-electron chi connectivity index (χ4n) is 3.98. The summed E-state index contributed by atoms with van der Waals surface area (Å²) in [7, 11) is 1.82. The molecule has 4 rings (SSSR count). The molecular formula is C23H29N3O2. The van der Waals surface area contributed by atoms with Crippen molar-refractivity contribution in [1.82, 2.24) is 10.6 Å². The van der Waals surface area contributed by atoms with Crippen LogP contribution in [0.15, 0.2) is 59.6 Å². The van der Waals surface area contributed by atoms with E-state index in [1.165, 1.54) is 17.5 Å². The number of fused-ring (bicyclic) bond motifs is 2. The van der Waals surface area contributed by atoms with E-state index in [4.69, 9.17) is 9.47 Å². The smallest absolute Gasteiger partial charge is 0.191 e. The molecule has 0 aliphatic carbocycles. The van der Waals surface area contributed by atoms with E-state index in [1.54, 1.807) is 0 Å². The summed E-state index contributed by atoms with van der Waals surface area (Å²) in [5, 5.41) is 6.94. The fraction of sp³-hybridized carbons (Fsp3) is 0.435. The minimum Gasteiger partial charge on any atom is -0.489 e. The van der Waals surface area contributed by atoms with E-state index < -0.39 is 0 Å². The lowest BCUT2D eigenvalue weighted by Gasteiger charge is -2.22. The van der Waals surface area contributed by atoms with Gasteiger partial charge in [-0.2, -0.15) is 0 Å². The topological polar surface area (TPSA) is 54.9 Å². The monoisotopic (exact) mass is 379 g/mol. The third-order valence-corrected chi connectivity index (χ3v) is 5.53. The van der Waals surface area contributed by atoms with Gasteiger partial charge in [-0.15, -0.1) is 0 Å². The summed E-state index contributed by atoms with van der Waals surface area (Å²) < 4.78 is 11.8. The molecule has 5 nitrogen and oxygen atoms in total. The van der Waals surface area contributed by atoms with E-state index in [-0.39, 0.29) is 0 Å². The number of nitrogens with one attached hydrogen (secondary N) is 2. The minimum atomic E-state index is 0.354. The van der Waals surface area contributed by atoms with Crippen molar-refractivity contribution in [2.75, 3.05) is 13.6 Å².